The van der Waals surface area contributed by atoms with Crippen LogP contribution in [0.2, 0.25) is 0 Å². The monoisotopic (exact) mass is 486 g/mol. The Bertz CT molecular complexity index is 926. The first-order valence-electron chi connectivity index (χ1n) is 12.4. The zero-order valence-corrected chi connectivity index (χ0v) is 21.9. The van der Waals surface area contributed by atoms with Gasteiger partial charge in [0, 0.05) is 24.3 Å². The lowest BCUT2D eigenvalue weighted by Gasteiger charge is -2.29. The fourth-order valence-electron chi connectivity index (χ4n) is 4.80. The van der Waals surface area contributed by atoms with Gasteiger partial charge in [-0.05, 0) is 74.6 Å². The summed E-state index contributed by atoms with van der Waals surface area (Å²) in [6.07, 6.45) is 4.22. The molecule has 6 atom stereocenters. The molecule has 0 unspecified atom stereocenters. The number of methoxy groups -OCH3 is 1. The summed E-state index contributed by atoms with van der Waals surface area (Å²) >= 11 is 0. The number of hydrogen-bond donors (Lipinski definition) is 3. The van der Waals surface area contributed by atoms with Gasteiger partial charge in [0.05, 0.1) is 12.2 Å². The lowest BCUT2D eigenvalue weighted by molar-refractivity contribution is -0.112. The summed E-state index contributed by atoms with van der Waals surface area (Å²) in [6.45, 7) is 9.74. The van der Waals surface area contributed by atoms with E-state index in [-0.39, 0.29) is 29.8 Å². The summed E-state index contributed by atoms with van der Waals surface area (Å²) in [6, 6.07) is 7.87. The van der Waals surface area contributed by atoms with E-state index in [9.17, 15) is 14.7 Å². The molecule has 1 aromatic carbocycles. The molecule has 194 valence electrons. The van der Waals surface area contributed by atoms with Crippen molar-refractivity contribution in [1.29, 1.82) is 0 Å². The first kappa shape index (κ1) is 28.6. The molecule has 0 radical (unpaired) electrons. The van der Waals surface area contributed by atoms with Crippen LogP contribution >= 0.6 is 0 Å². The number of nitrogens with one attached hydrogen (secondary N) is 1. The van der Waals surface area contributed by atoms with Gasteiger partial charge in [0.15, 0.2) is 0 Å². The number of primary amides is 1. The Labute approximate surface area is 209 Å². The van der Waals surface area contributed by atoms with Crippen molar-refractivity contribution in [2.75, 3.05) is 12.4 Å². The van der Waals surface area contributed by atoms with Crippen LogP contribution in [0.5, 0.6) is 0 Å². The second-order valence-corrected chi connectivity index (χ2v) is 10.0. The highest BCUT2D eigenvalue weighted by molar-refractivity contribution is 6.03. The molecule has 0 spiro atoms. The molecule has 1 heterocycles. The van der Waals surface area contributed by atoms with Gasteiger partial charge in [-0.25, -0.2) is 4.79 Å². The summed E-state index contributed by atoms with van der Waals surface area (Å²) in [4.78, 5) is 24.3. The Morgan fingerprint density at radius 1 is 1.20 bits per heavy atom. The number of aliphatic hydroxyl groups excluding tert-OH is 1. The number of carbonyl (C=O) groups is 2. The van der Waals surface area contributed by atoms with Crippen LogP contribution in [0.1, 0.15) is 59.4 Å². The van der Waals surface area contributed by atoms with Gasteiger partial charge < -0.3 is 25.6 Å². The molecule has 0 aliphatic carbocycles. The summed E-state index contributed by atoms with van der Waals surface area (Å²) in [5, 5.41) is 14.1. The molecule has 1 aliphatic rings. The maximum absolute atomic E-state index is 12.7. The normalized spacial score (nSPS) is 29.5. The topological polar surface area (TPSA) is 111 Å². The van der Waals surface area contributed by atoms with Crippen molar-refractivity contribution in [3.8, 4) is 0 Å². The SMILES string of the molecule is CO[C@H]1C[C@H](C)Cc2cccc(c2)NC(=O)C(C)=CCC[C@H](C)[C@@H](OC(N)=O)C(C)=C[C@H](C)[C@H]1O. The molecule has 0 saturated heterocycles. The molecule has 0 saturated carbocycles. The standard InChI is InChI=1S/C28H42N2O5/c1-17-13-22-11-8-12-23(16-22)30-27(32)19(3)10-7-9-18(2)26(35-28(29)33)21(5)15-20(4)25(31)24(14-17)34-6/h8,10-12,15-18,20,24-26,31H,7,9,13-14H2,1-6H3,(H2,29,33)(H,30,32)/t17-,18+,20+,24+,25-,26-/m1/s1. The molecular weight excluding hydrogens is 444 g/mol. The van der Waals surface area contributed by atoms with Crippen LogP contribution in [0.25, 0.3) is 0 Å². The van der Waals surface area contributed by atoms with Crippen molar-refractivity contribution in [3.05, 3.63) is 53.1 Å². The zero-order valence-electron chi connectivity index (χ0n) is 21.9. The minimum absolute atomic E-state index is 0.0350. The van der Waals surface area contributed by atoms with E-state index in [2.05, 4.69) is 12.2 Å². The summed E-state index contributed by atoms with van der Waals surface area (Å²) in [5.74, 6) is -0.148. The second-order valence-electron chi connectivity index (χ2n) is 10.0. The van der Waals surface area contributed by atoms with Gasteiger partial charge >= 0.3 is 6.09 Å². The van der Waals surface area contributed by atoms with E-state index in [4.69, 9.17) is 15.2 Å². The summed E-state index contributed by atoms with van der Waals surface area (Å²) in [5.41, 5.74) is 8.69. The molecule has 7 nitrogen and oxygen atoms in total. The van der Waals surface area contributed by atoms with Crippen molar-refractivity contribution in [1.82, 2.24) is 0 Å². The van der Waals surface area contributed by atoms with Crippen LogP contribution in [0.4, 0.5) is 10.5 Å². The molecular formula is C28H42N2O5. The lowest BCUT2D eigenvalue weighted by Crippen LogP contribution is -2.35. The van der Waals surface area contributed by atoms with Gasteiger partial charge in [0.2, 0.25) is 0 Å². The smallest absolute Gasteiger partial charge is 0.405 e. The van der Waals surface area contributed by atoms with Crippen LogP contribution in [0.3, 0.4) is 0 Å². The number of allylic oxidation sites excluding steroid dienone is 1. The van der Waals surface area contributed by atoms with Gasteiger partial charge in [-0.1, -0.05) is 45.1 Å². The van der Waals surface area contributed by atoms with E-state index in [0.29, 0.717) is 24.8 Å². The van der Waals surface area contributed by atoms with E-state index in [1.54, 1.807) is 14.0 Å². The Kier molecular flexibility index (Phi) is 11.0. The fourth-order valence-corrected chi connectivity index (χ4v) is 4.80. The van der Waals surface area contributed by atoms with Crippen LogP contribution in [-0.2, 0) is 20.7 Å². The van der Waals surface area contributed by atoms with Crippen LogP contribution < -0.4 is 11.1 Å². The molecule has 2 amide bonds. The third kappa shape index (κ3) is 8.82. The first-order valence-corrected chi connectivity index (χ1v) is 12.4. The highest BCUT2D eigenvalue weighted by Crippen LogP contribution is 2.27. The van der Waals surface area contributed by atoms with Gasteiger partial charge in [0.1, 0.15) is 6.10 Å². The van der Waals surface area contributed by atoms with E-state index in [0.717, 1.165) is 23.2 Å². The molecule has 35 heavy (non-hydrogen) atoms. The van der Waals surface area contributed by atoms with E-state index in [1.807, 2.05) is 57.2 Å². The van der Waals surface area contributed by atoms with Gasteiger partial charge in [-0.3, -0.25) is 4.79 Å². The highest BCUT2D eigenvalue weighted by Gasteiger charge is 2.28. The second kappa shape index (κ2) is 13.4. The number of nitrogens with two attached hydrogens (primary N) is 1. The molecule has 7 heteroatoms. The number of rotatable bonds is 2. The number of hydrogen-bond acceptors (Lipinski definition) is 5. The molecule has 0 aromatic heterocycles. The third-order valence-electron chi connectivity index (χ3n) is 6.79. The minimum atomic E-state index is -0.836. The Balaban J connectivity index is 2.39. The number of ether oxygens (including phenoxy) is 2. The Morgan fingerprint density at radius 3 is 2.57 bits per heavy atom. The van der Waals surface area contributed by atoms with Gasteiger partial charge in [-0.2, -0.15) is 0 Å². The number of fused-ring (bicyclic) bond motifs is 2. The zero-order chi connectivity index (χ0) is 26.1. The number of carbonyl (C=O) groups excluding carboxylic acids is 2. The predicted molar refractivity (Wildman–Crippen MR) is 139 cm³/mol. The van der Waals surface area contributed by atoms with Crippen molar-refractivity contribution in [3.63, 3.8) is 0 Å². The van der Waals surface area contributed by atoms with Crippen molar-refractivity contribution in [2.24, 2.45) is 23.5 Å². The molecule has 0 fully saturated rings. The number of amides is 2. The number of benzene rings is 1. The molecule has 2 bridgehead atoms. The summed E-state index contributed by atoms with van der Waals surface area (Å²) in [7, 11) is 1.62. The molecule has 4 N–H and O–H groups in total. The highest BCUT2D eigenvalue weighted by atomic mass is 16.6. The largest absolute Gasteiger partial charge is 0.442 e. The van der Waals surface area contributed by atoms with E-state index in [1.165, 1.54) is 0 Å². The molecule has 1 aliphatic heterocycles. The number of anilines is 1. The Morgan fingerprint density at radius 2 is 1.91 bits per heavy atom. The average molecular weight is 487 g/mol. The van der Waals surface area contributed by atoms with Crippen molar-refractivity contribution >= 4 is 17.7 Å². The van der Waals surface area contributed by atoms with Crippen LogP contribution in [0.15, 0.2) is 47.6 Å². The Hall–Kier alpha value is -2.64. The van der Waals surface area contributed by atoms with Crippen molar-refractivity contribution < 1.29 is 24.2 Å². The molecule has 2 rings (SSSR count). The van der Waals surface area contributed by atoms with Gasteiger partial charge in [-0.15, -0.1) is 0 Å². The lowest BCUT2D eigenvalue weighted by atomic mass is 9.87. The van der Waals surface area contributed by atoms with Crippen LogP contribution in [0, 0.1) is 17.8 Å². The predicted octanol–water partition coefficient (Wildman–Crippen LogP) is 4.99. The van der Waals surface area contributed by atoms with Crippen molar-refractivity contribution in [2.45, 2.75) is 78.6 Å². The quantitative estimate of drug-likeness (QED) is 0.510. The maximum Gasteiger partial charge on any atom is 0.405 e. The average Bonchev–Trinajstić information content (AvgIpc) is 2.79. The van der Waals surface area contributed by atoms with Crippen LogP contribution in [-0.4, -0.2) is 42.5 Å². The van der Waals surface area contributed by atoms with E-state index >= 15 is 0 Å². The fraction of sp³-hybridized carbons (Fsp3) is 0.571. The molecule has 1 aromatic rings. The number of aliphatic hydroxyl groups is 1. The maximum atomic E-state index is 12.7. The minimum Gasteiger partial charge on any atom is -0.442 e. The summed E-state index contributed by atoms with van der Waals surface area (Å²) < 4.78 is 11.1. The van der Waals surface area contributed by atoms with E-state index < -0.39 is 18.3 Å². The third-order valence-corrected chi connectivity index (χ3v) is 6.79. The first-order chi connectivity index (χ1) is 16.5. The van der Waals surface area contributed by atoms with Gasteiger partial charge in [0.25, 0.3) is 5.91 Å².